The van der Waals surface area contributed by atoms with Gasteiger partial charge in [0.15, 0.2) is 11.5 Å². The molecule has 0 radical (unpaired) electrons. The largest absolute Gasteiger partial charge is 0.493 e. The molecule has 10 heteroatoms. The van der Waals surface area contributed by atoms with Crippen LogP contribution in [0.2, 0.25) is 0 Å². The predicted octanol–water partition coefficient (Wildman–Crippen LogP) is 4.32. The molecule has 0 saturated carbocycles. The molecular weight excluding hydrogens is 416 g/mol. The van der Waals surface area contributed by atoms with Gasteiger partial charge in [0.1, 0.15) is 5.69 Å². The van der Waals surface area contributed by atoms with Gasteiger partial charge in [-0.15, -0.1) is 0 Å². The maximum absolute atomic E-state index is 12.6. The molecule has 3 rings (SSSR count). The lowest BCUT2D eigenvalue weighted by molar-refractivity contribution is -0.385. The molecule has 1 aromatic heterocycles. The number of aryl methyl sites for hydroxylation is 1. The summed E-state index contributed by atoms with van der Waals surface area (Å²) in [6, 6.07) is 11.2. The Labute approximate surface area is 184 Å². The van der Waals surface area contributed by atoms with Gasteiger partial charge in [-0.05, 0) is 25.1 Å². The van der Waals surface area contributed by atoms with Gasteiger partial charge in [0.2, 0.25) is 5.75 Å². The number of anilines is 3. The lowest BCUT2D eigenvalue weighted by Crippen LogP contribution is -2.14. The first-order valence-electron chi connectivity index (χ1n) is 9.45. The number of nitro benzene ring substituents is 1. The fourth-order valence-corrected chi connectivity index (χ4v) is 3.03. The van der Waals surface area contributed by atoms with E-state index in [1.165, 1.54) is 33.6 Å². The Morgan fingerprint density at radius 2 is 1.62 bits per heavy atom. The average molecular weight is 438 g/mol. The summed E-state index contributed by atoms with van der Waals surface area (Å²) >= 11 is 0. The van der Waals surface area contributed by atoms with Crippen LogP contribution in [0.5, 0.6) is 17.2 Å². The van der Waals surface area contributed by atoms with Crippen LogP contribution >= 0.6 is 0 Å². The van der Waals surface area contributed by atoms with E-state index < -0.39 is 10.8 Å². The number of nitro groups is 1. The Morgan fingerprint density at radius 1 is 0.938 bits per heavy atom. The summed E-state index contributed by atoms with van der Waals surface area (Å²) in [5, 5.41) is 16.9. The van der Waals surface area contributed by atoms with Crippen molar-refractivity contribution >= 4 is 28.7 Å². The number of carbonyl (C=O) groups is 1. The first-order valence-corrected chi connectivity index (χ1v) is 9.45. The zero-order chi connectivity index (χ0) is 23.3. The van der Waals surface area contributed by atoms with Gasteiger partial charge in [-0.1, -0.05) is 6.07 Å². The fourth-order valence-electron chi connectivity index (χ4n) is 3.03. The minimum atomic E-state index is -0.503. The number of nitrogens with zero attached hydrogens (tertiary/aromatic N) is 2. The van der Waals surface area contributed by atoms with E-state index in [1.54, 1.807) is 43.3 Å². The number of hydrogen-bond donors (Lipinski definition) is 2. The summed E-state index contributed by atoms with van der Waals surface area (Å²) in [5.74, 6) is 0.906. The minimum Gasteiger partial charge on any atom is -0.493 e. The van der Waals surface area contributed by atoms with E-state index in [0.717, 1.165) is 0 Å². The molecule has 0 spiro atoms. The van der Waals surface area contributed by atoms with E-state index >= 15 is 0 Å². The summed E-state index contributed by atoms with van der Waals surface area (Å²) in [7, 11) is 4.56. The molecule has 0 atom stereocenters. The van der Waals surface area contributed by atoms with Crippen molar-refractivity contribution in [3.05, 3.63) is 70.0 Å². The van der Waals surface area contributed by atoms with Gasteiger partial charge in [-0.3, -0.25) is 19.9 Å². The van der Waals surface area contributed by atoms with Crippen LogP contribution in [0.3, 0.4) is 0 Å². The van der Waals surface area contributed by atoms with Gasteiger partial charge >= 0.3 is 0 Å². The number of hydrogen-bond acceptors (Lipinski definition) is 8. The molecule has 3 aromatic rings. The number of methoxy groups -OCH3 is 3. The topological polar surface area (TPSA) is 125 Å². The van der Waals surface area contributed by atoms with Crippen LogP contribution in [0, 0.1) is 17.0 Å². The summed E-state index contributed by atoms with van der Waals surface area (Å²) in [6.45, 7) is 1.63. The molecular formula is C22H22N4O6. The first kappa shape index (κ1) is 22.3. The van der Waals surface area contributed by atoms with Gasteiger partial charge in [0.05, 0.1) is 26.3 Å². The Bertz CT molecular complexity index is 1140. The number of amides is 1. The summed E-state index contributed by atoms with van der Waals surface area (Å²) < 4.78 is 16.0. The van der Waals surface area contributed by atoms with Crippen molar-refractivity contribution in [2.45, 2.75) is 6.92 Å². The quantitative estimate of drug-likeness (QED) is 0.393. The fraction of sp³-hybridized carbons (Fsp3) is 0.182. The third-order valence-corrected chi connectivity index (χ3v) is 4.61. The van der Waals surface area contributed by atoms with Crippen LogP contribution in [-0.4, -0.2) is 37.1 Å². The van der Waals surface area contributed by atoms with Gasteiger partial charge in [-0.2, -0.15) is 0 Å². The number of pyridine rings is 1. The number of aromatic nitrogens is 1. The van der Waals surface area contributed by atoms with Crippen LogP contribution in [-0.2, 0) is 0 Å². The molecule has 1 amide bonds. The number of benzene rings is 2. The average Bonchev–Trinajstić information content (AvgIpc) is 2.79. The van der Waals surface area contributed by atoms with E-state index in [2.05, 4.69) is 15.6 Å². The van der Waals surface area contributed by atoms with Crippen molar-refractivity contribution < 1.29 is 23.9 Å². The molecule has 0 fully saturated rings. The Morgan fingerprint density at radius 3 is 2.22 bits per heavy atom. The zero-order valence-electron chi connectivity index (χ0n) is 18.0. The van der Waals surface area contributed by atoms with Crippen LogP contribution in [0.4, 0.5) is 22.7 Å². The number of rotatable bonds is 8. The zero-order valence-corrected chi connectivity index (χ0v) is 18.0. The minimum absolute atomic E-state index is 0.0754. The van der Waals surface area contributed by atoms with Crippen LogP contribution < -0.4 is 24.8 Å². The van der Waals surface area contributed by atoms with Crippen molar-refractivity contribution in [1.29, 1.82) is 0 Å². The Balaban J connectivity index is 1.82. The molecule has 2 aromatic carbocycles. The van der Waals surface area contributed by atoms with Crippen LogP contribution in [0.25, 0.3) is 0 Å². The van der Waals surface area contributed by atoms with Gasteiger partial charge in [0, 0.05) is 47.0 Å². The molecule has 0 saturated heterocycles. The maximum Gasteiger partial charge on any atom is 0.274 e. The third-order valence-electron chi connectivity index (χ3n) is 4.61. The molecule has 2 N–H and O–H groups in total. The van der Waals surface area contributed by atoms with Crippen molar-refractivity contribution in [3.8, 4) is 17.2 Å². The van der Waals surface area contributed by atoms with Crippen molar-refractivity contribution in [2.24, 2.45) is 0 Å². The third kappa shape index (κ3) is 4.86. The van der Waals surface area contributed by atoms with E-state index in [1.807, 2.05) is 0 Å². The Kier molecular flexibility index (Phi) is 6.74. The molecule has 166 valence electrons. The highest BCUT2D eigenvalue weighted by atomic mass is 16.6. The first-order chi connectivity index (χ1) is 15.4. The monoisotopic (exact) mass is 438 g/mol. The van der Waals surface area contributed by atoms with Gasteiger partial charge < -0.3 is 24.8 Å². The van der Waals surface area contributed by atoms with E-state index in [0.29, 0.717) is 39.9 Å². The van der Waals surface area contributed by atoms with E-state index in [-0.39, 0.29) is 11.4 Å². The van der Waals surface area contributed by atoms with Crippen molar-refractivity contribution in [1.82, 2.24) is 4.98 Å². The lowest BCUT2D eigenvalue weighted by Gasteiger charge is -2.15. The maximum atomic E-state index is 12.6. The Hall–Kier alpha value is -4.34. The summed E-state index contributed by atoms with van der Waals surface area (Å²) in [6.07, 6.45) is 1.48. The van der Waals surface area contributed by atoms with Gasteiger partial charge in [0.25, 0.3) is 11.6 Å². The van der Waals surface area contributed by atoms with Crippen molar-refractivity contribution in [3.63, 3.8) is 0 Å². The summed E-state index contributed by atoms with van der Waals surface area (Å²) in [5.41, 5.74) is 2.10. The molecule has 0 bridgehead atoms. The van der Waals surface area contributed by atoms with E-state index in [9.17, 15) is 14.9 Å². The molecule has 32 heavy (non-hydrogen) atoms. The van der Waals surface area contributed by atoms with E-state index in [4.69, 9.17) is 14.2 Å². The van der Waals surface area contributed by atoms with Crippen molar-refractivity contribution in [2.75, 3.05) is 32.0 Å². The molecule has 0 aliphatic carbocycles. The number of ether oxygens (including phenoxy) is 3. The molecule has 1 heterocycles. The second kappa shape index (κ2) is 9.65. The molecule has 0 aliphatic rings. The standard InChI is InChI=1S/C22H22N4O6/c1-13-5-6-14(10-18(13)26(28)29)25-22(27)17-9-15(7-8-23-17)24-16-11-19(30-2)21(32-4)20(12-16)31-3/h5-12H,1-4H3,(H,23,24)(H,25,27). The predicted molar refractivity (Wildman–Crippen MR) is 119 cm³/mol. The highest BCUT2D eigenvalue weighted by molar-refractivity contribution is 6.03. The highest BCUT2D eigenvalue weighted by Crippen LogP contribution is 2.40. The number of nitrogens with one attached hydrogen (secondary N) is 2. The SMILES string of the molecule is COc1cc(Nc2ccnc(C(=O)Nc3ccc(C)c([N+](=O)[O-])c3)c2)cc(OC)c1OC. The summed E-state index contributed by atoms with van der Waals surface area (Å²) in [4.78, 5) is 27.4. The molecule has 0 unspecified atom stereocenters. The molecule has 10 nitrogen and oxygen atoms in total. The smallest absolute Gasteiger partial charge is 0.274 e. The second-order valence-electron chi connectivity index (χ2n) is 6.68. The normalized spacial score (nSPS) is 10.2. The van der Waals surface area contributed by atoms with Crippen LogP contribution in [0.15, 0.2) is 48.7 Å². The van der Waals surface area contributed by atoms with Crippen LogP contribution in [0.1, 0.15) is 16.1 Å². The number of carbonyl (C=O) groups excluding carboxylic acids is 1. The lowest BCUT2D eigenvalue weighted by atomic mass is 10.2. The van der Waals surface area contributed by atoms with Gasteiger partial charge in [-0.25, -0.2) is 0 Å². The second-order valence-corrected chi connectivity index (χ2v) is 6.68. The molecule has 0 aliphatic heterocycles. The highest BCUT2D eigenvalue weighted by Gasteiger charge is 2.16.